The fourth-order valence-electron chi connectivity index (χ4n) is 3.42. The smallest absolute Gasteiger partial charge is 0.338 e. The van der Waals surface area contributed by atoms with Crippen molar-refractivity contribution in [3.05, 3.63) is 52.6 Å². The summed E-state index contributed by atoms with van der Waals surface area (Å²) in [5.74, 6) is -3.52. The van der Waals surface area contributed by atoms with Crippen molar-refractivity contribution >= 4 is 11.8 Å². The van der Waals surface area contributed by atoms with Gasteiger partial charge >= 0.3 is 5.97 Å². The Bertz CT molecular complexity index is 925. The van der Waals surface area contributed by atoms with Crippen LogP contribution >= 0.6 is 0 Å². The Morgan fingerprint density at radius 3 is 2.48 bits per heavy atom. The minimum absolute atomic E-state index is 0.00525. The molecule has 1 aromatic carbocycles. The molecule has 0 aliphatic carbocycles. The number of Topliss-reactive ketones (excluding diaryl/α,β-unsaturated/α-hetero) is 1. The Morgan fingerprint density at radius 2 is 1.87 bits per heavy atom. The van der Waals surface area contributed by atoms with Crippen LogP contribution in [-0.2, 0) is 24.2 Å². The number of unbranched alkanes of at least 4 members (excludes halogenated alkanes) is 1. The monoisotopic (exact) mass is 436 g/mol. The number of carboxylic acid groups (broad SMARTS) is 1. The number of aryl methyl sites for hydroxylation is 2. The number of rotatable bonds is 12. The lowest BCUT2D eigenvalue weighted by Crippen LogP contribution is -2.23. The molecule has 170 valence electrons. The third-order valence-electron chi connectivity index (χ3n) is 5.19. The minimum atomic E-state index is -1.53. The fourth-order valence-corrected chi connectivity index (χ4v) is 3.42. The van der Waals surface area contributed by atoms with E-state index in [0.717, 1.165) is 18.9 Å². The van der Waals surface area contributed by atoms with Gasteiger partial charge in [-0.3, -0.25) is 4.79 Å². The van der Waals surface area contributed by atoms with Crippen LogP contribution in [0.1, 0.15) is 73.9 Å². The summed E-state index contributed by atoms with van der Waals surface area (Å²) in [6.45, 7) is 5.85. The van der Waals surface area contributed by atoms with E-state index in [2.05, 4.69) is 4.98 Å². The van der Waals surface area contributed by atoms with E-state index < -0.39 is 29.3 Å². The zero-order valence-electron chi connectivity index (χ0n) is 18.2. The van der Waals surface area contributed by atoms with Gasteiger partial charge in [0.2, 0.25) is 0 Å². The maximum atomic E-state index is 14.5. The number of aromatic carboxylic acids is 1. The summed E-state index contributed by atoms with van der Waals surface area (Å²) < 4.78 is 30.4. The Balaban J connectivity index is 2.27. The maximum absolute atomic E-state index is 14.5. The molecular formula is C23H30F2N2O4. The summed E-state index contributed by atoms with van der Waals surface area (Å²) in [6.07, 6.45) is 3.83. The first-order chi connectivity index (χ1) is 14.6. The molecule has 1 aromatic heterocycles. The van der Waals surface area contributed by atoms with Crippen molar-refractivity contribution in [2.45, 2.75) is 71.9 Å². The van der Waals surface area contributed by atoms with E-state index in [1.165, 1.54) is 6.07 Å². The highest BCUT2D eigenvalue weighted by molar-refractivity contribution is 5.88. The topological polar surface area (TPSA) is 92.4 Å². The van der Waals surface area contributed by atoms with Crippen molar-refractivity contribution in [2.24, 2.45) is 5.92 Å². The molecule has 0 saturated heterocycles. The Labute approximate surface area is 180 Å². The molecule has 31 heavy (non-hydrogen) atoms. The predicted molar refractivity (Wildman–Crippen MR) is 112 cm³/mol. The number of halogens is 2. The molecule has 0 fully saturated rings. The van der Waals surface area contributed by atoms with E-state index in [9.17, 15) is 23.5 Å². The Kier molecular flexibility index (Phi) is 8.86. The molecule has 1 heterocycles. The van der Waals surface area contributed by atoms with Gasteiger partial charge in [0.25, 0.3) is 0 Å². The summed E-state index contributed by atoms with van der Waals surface area (Å²) in [6, 6.07) is 2.30. The molecule has 0 bridgehead atoms. The van der Waals surface area contributed by atoms with Crippen LogP contribution in [-0.4, -0.2) is 37.6 Å². The number of ketones is 1. The number of carboxylic acids is 1. The number of carbonyl (C=O) groups excluding carboxylic acids is 1. The lowest BCUT2D eigenvalue weighted by Gasteiger charge is -2.15. The number of aromatic nitrogens is 2. The number of aliphatic hydroxyl groups excluding tert-OH is 1. The SMILES string of the molecule is CCCCc1ncc(CCC(=O)[C@@H](O)CC(C)C)n1Cc1ccc(C(=O)O)c(F)c1F. The summed E-state index contributed by atoms with van der Waals surface area (Å²) in [5.41, 5.74) is -0.0352. The molecular weight excluding hydrogens is 406 g/mol. The molecule has 8 heteroatoms. The molecule has 2 aromatic rings. The first kappa shape index (κ1) is 24.7. The van der Waals surface area contributed by atoms with Crippen LogP contribution in [0.4, 0.5) is 8.78 Å². The number of hydrogen-bond acceptors (Lipinski definition) is 4. The second-order valence-electron chi connectivity index (χ2n) is 8.17. The zero-order chi connectivity index (χ0) is 23.1. The van der Waals surface area contributed by atoms with Crippen LogP contribution in [0.25, 0.3) is 0 Å². The molecule has 2 N–H and O–H groups in total. The molecule has 0 aliphatic rings. The number of aliphatic hydroxyl groups is 1. The highest BCUT2D eigenvalue weighted by Crippen LogP contribution is 2.21. The van der Waals surface area contributed by atoms with E-state index >= 15 is 0 Å². The molecule has 0 spiro atoms. The fraction of sp³-hybridized carbons (Fsp3) is 0.522. The maximum Gasteiger partial charge on any atom is 0.338 e. The average Bonchev–Trinajstić information content (AvgIpc) is 3.08. The van der Waals surface area contributed by atoms with Gasteiger partial charge in [0.05, 0.1) is 12.1 Å². The molecule has 6 nitrogen and oxygen atoms in total. The van der Waals surface area contributed by atoms with E-state index in [0.29, 0.717) is 30.8 Å². The van der Waals surface area contributed by atoms with E-state index in [1.807, 2.05) is 20.8 Å². The summed E-state index contributed by atoms with van der Waals surface area (Å²) in [4.78, 5) is 27.7. The van der Waals surface area contributed by atoms with E-state index in [4.69, 9.17) is 5.11 Å². The van der Waals surface area contributed by atoms with E-state index in [-0.39, 0.29) is 30.2 Å². The van der Waals surface area contributed by atoms with Crippen LogP contribution in [0.2, 0.25) is 0 Å². The van der Waals surface area contributed by atoms with Gasteiger partial charge in [0.1, 0.15) is 11.9 Å². The second-order valence-corrected chi connectivity index (χ2v) is 8.17. The van der Waals surface area contributed by atoms with Gasteiger partial charge in [-0.05, 0) is 31.2 Å². The zero-order valence-corrected chi connectivity index (χ0v) is 18.2. The van der Waals surface area contributed by atoms with Crippen molar-refractivity contribution in [1.82, 2.24) is 9.55 Å². The van der Waals surface area contributed by atoms with Crippen LogP contribution < -0.4 is 0 Å². The summed E-state index contributed by atoms with van der Waals surface area (Å²) >= 11 is 0. The quantitative estimate of drug-likeness (QED) is 0.521. The lowest BCUT2D eigenvalue weighted by molar-refractivity contribution is -0.127. The number of carbonyl (C=O) groups is 2. The van der Waals surface area contributed by atoms with Crippen LogP contribution in [0.15, 0.2) is 18.3 Å². The largest absolute Gasteiger partial charge is 0.478 e. The molecule has 0 amide bonds. The van der Waals surface area contributed by atoms with Gasteiger partial charge in [-0.1, -0.05) is 33.3 Å². The molecule has 1 atom stereocenters. The number of hydrogen-bond donors (Lipinski definition) is 2. The number of imidazole rings is 1. The van der Waals surface area contributed by atoms with Crippen molar-refractivity contribution in [3.63, 3.8) is 0 Å². The van der Waals surface area contributed by atoms with Crippen LogP contribution in [0.3, 0.4) is 0 Å². The van der Waals surface area contributed by atoms with Crippen molar-refractivity contribution < 1.29 is 28.6 Å². The van der Waals surface area contributed by atoms with Crippen molar-refractivity contribution in [3.8, 4) is 0 Å². The third kappa shape index (κ3) is 6.43. The Hall–Kier alpha value is -2.61. The normalized spacial score (nSPS) is 12.4. The van der Waals surface area contributed by atoms with Crippen LogP contribution in [0.5, 0.6) is 0 Å². The van der Waals surface area contributed by atoms with Gasteiger partial charge in [0, 0.05) is 30.3 Å². The predicted octanol–water partition coefficient (Wildman–Crippen LogP) is 4.16. The van der Waals surface area contributed by atoms with Gasteiger partial charge in [-0.25, -0.2) is 18.6 Å². The van der Waals surface area contributed by atoms with Gasteiger partial charge in [0.15, 0.2) is 17.4 Å². The summed E-state index contributed by atoms with van der Waals surface area (Å²) in [7, 11) is 0. The highest BCUT2D eigenvalue weighted by atomic mass is 19.2. The van der Waals surface area contributed by atoms with Gasteiger partial charge < -0.3 is 14.8 Å². The first-order valence-electron chi connectivity index (χ1n) is 10.6. The number of benzene rings is 1. The Morgan fingerprint density at radius 1 is 1.16 bits per heavy atom. The van der Waals surface area contributed by atoms with Crippen LogP contribution in [0, 0.1) is 17.6 Å². The average molecular weight is 436 g/mol. The van der Waals surface area contributed by atoms with E-state index in [1.54, 1.807) is 10.8 Å². The minimum Gasteiger partial charge on any atom is -0.478 e. The molecule has 0 saturated carbocycles. The molecule has 0 radical (unpaired) electrons. The van der Waals surface area contributed by atoms with Crippen molar-refractivity contribution in [1.29, 1.82) is 0 Å². The summed E-state index contributed by atoms with van der Waals surface area (Å²) in [5, 5.41) is 19.0. The molecule has 2 rings (SSSR count). The molecule has 0 unspecified atom stereocenters. The first-order valence-corrected chi connectivity index (χ1v) is 10.6. The molecule has 0 aliphatic heterocycles. The standard InChI is InChI=1S/C23H30F2N2O4/c1-4-5-6-20-26-12-16(8-10-18(28)19(29)11-14(2)3)27(20)13-15-7-9-17(23(30)31)22(25)21(15)24/h7,9,12,14,19,29H,4-6,8,10-11,13H2,1-3H3,(H,30,31)/t19-/m0/s1. The van der Waals surface area contributed by atoms with Crippen molar-refractivity contribution in [2.75, 3.05) is 0 Å². The van der Waals surface area contributed by atoms with Gasteiger partial charge in [-0.15, -0.1) is 0 Å². The van der Waals surface area contributed by atoms with Gasteiger partial charge in [-0.2, -0.15) is 0 Å². The third-order valence-corrected chi connectivity index (χ3v) is 5.19. The lowest BCUT2D eigenvalue weighted by atomic mass is 10.00. The second kappa shape index (κ2) is 11.1. The number of nitrogens with zero attached hydrogens (tertiary/aromatic N) is 2. The highest BCUT2D eigenvalue weighted by Gasteiger charge is 2.21.